The minimum atomic E-state index is -1.06. The Bertz CT molecular complexity index is 1200. The Morgan fingerprint density at radius 3 is 2.05 bits per heavy atom. The van der Waals surface area contributed by atoms with E-state index in [2.05, 4.69) is 20.9 Å². The van der Waals surface area contributed by atoms with E-state index in [1.165, 1.54) is 70.5 Å². The number of nitrogen functional groups attached to an aromatic ring is 1. The number of aromatic nitrogens is 4. The molecule has 0 radical (unpaired) electrons. The van der Waals surface area contributed by atoms with Crippen molar-refractivity contribution in [1.82, 2.24) is 19.5 Å². The summed E-state index contributed by atoms with van der Waals surface area (Å²) >= 11 is 0. The van der Waals surface area contributed by atoms with Crippen molar-refractivity contribution in [1.29, 1.82) is 0 Å². The number of carbonyl (C=O) groups excluding carboxylic acids is 1. The largest absolute Gasteiger partial charge is 0.481 e. The molecule has 0 amide bonds. The van der Waals surface area contributed by atoms with E-state index in [4.69, 9.17) is 26.7 Å². The summed E-state index contributed by atoms with van der Waals surface area (Å²) in [6, 6.07) is 0. The van der Waals surface area contributed by atoms with Crippen LogP contribution in [0.3, 0.4) is 0 Å². The molecule has 0 spiro atoms. The number of terminal acetylenes is 1. The van der Waals surface area contributed by atoms with E-state index in [0.29, 0.717) is 25.7 Å². The summed E-state index contributed by atoms with van der Waals surface area (Å²) in [6.45, 7) is -0.0362. The molecule has 3 heterocycles. The molecule has 2 unspecified atom stereocenters. The van der Waals surface area contributed by atoms with E-state index in [0.717, 1.165) is 38.5 Å². The van der Waals surface area contributed by atoms with Crippen LogP contribution in [0.5, 0.6) is 0 Å². The summed E-state index contributed by atoms with van der Waals surface area (Å²) in [4.78, 5) is 34.3. The third kappa shape index (κ3) is 11.7. The summed E-state index contributed by atoms with van der Waals surface area (Å²) in [5.41, 5.74) is 5.21. The van der Waals surface area contributed by atoms with Gasteiger partial charge in [0.25, 0.3) is 0 Å². The summed E-state index contributed by atoms with van der Waals surface area (Å²) in [7, 11) is 0. The zero-order valence-electron chi connectivity index (χ0n) is 25.4. The van der Waals surface area contributed by atoms with Gasteiger partial charge < -0.3 is 20.3 Å². The third-order valence-electron chi connectivity index (χ3n) is 8.14. The number of carbonyl (C=O) groups is 2. The molecular weight excluding hydrogens is 553 g/mol. The van der Waals surface area contributed by atoms with E-state index >= 15 is 0 Å². The lowest BCUT2D eigenvalue weighted by Crippen LogP contribution is -2.34. The zero-order chi connectivity index (χ0) is 30.9. The number of anilines is 1. The number of hydrogen-bond donors (Lipinski definition) is 2. The highest BCUT2D eigenvalue weighted by Crippen LogP contribution is 2.38. The molecule has 2 atom stereocenters. The lowest BCUT2D eigenvalue weighted by Gasteiger charge is -2.23. The third-order valence-corrected chi connectivity index (χ3v) is 8.14. The maximum absolute atomic E-state index is 13.7. The van der Waals surface area contributed by atoms with Gasteiger partial charge in [0.1, 0.15) is 12.8 Å². The molecule has 2 aromatic heterocycles. The number of carboxylic acids is 1. The zero-order valence-corrected chi connectivity index (χ0v) is 25.4. The lowest BCUT2D eigenvalue weighted by molar-refractivity contribution is -0.152. The first-order valence-corrected chi connectivity index (χ1v) is 16.0. The van der Waals surface area contributed by atoms with Gasteiger partial charge in [0.15, 0.2) is 22.6 Å². The Balaban J connectivity index is 1.16. The number of nitrogens with zero attached hydrogens (tertiary/aromatic N) is 4. The molecular formula is C32H48FN5O5. The van der Waals surface area contributed by atoms with Crippen LogP contribution in [0.2, 0.25) is 0 Å². The molecule has 1 aliphatic heterocycles. The molecule has 1 fully saturated rings. The fourth-order valence-corrected chi connectivity index (χ4v) is 5.60. The van der Waals surface area contributed by atoms with Gasteiger partial charge in [-0.2, -0.15) is 14.4 Å². The molecule has 3 rings (SSSR count). The van der Waals surface area contributed by atoms with E-state index in [1.54, 1.807) is 4.57 Å². The van der Waals surface area contributed by atoms with Crippen molar-refractivity contribution >= 4 is 28.9 Å². The van der Waals surface area contributed by atoms with E-state index < -0.39 is 23.9 Å². The second-order valence-corrected chi connectivity index (χ2v) is 11.7. The predicted octanol–water partition coefficient (Wildman–Crippen LogP) is 6.88. The Labute approximate surface area is 254 Å². The number of rotatable bonds is 22. The molecule has 1 saturated heterocycles. The molecule has 10 nitrogen and oxygen atoms in total. The molecule has 0 aliphatic carbocycles. The average molecular weight is 602 g/mol. The number of esters is 1. The van der Waals surface area contributed by atoms with Gasteiger partial charge in [-0.05, 0) is 25.7 Å². The number of imidazole rings is 1. The maximum atomic E-state index is 13.7. The molecule has 238 valence electrons. The molecule has 11 heteroatoms. The fourth-order valence-electron chi connectivity index (χ4n) is 5.60. The van der Waals surface area contributed by atoms with Crippen molar-refractivity contribution in [2.75, 3.05) is 12.3 Å². The summed E-state index contributed by atoms with van der Waals surface area (Å²) in [5.74, 6) is 1.63. The highest BCUT2D eigenvalue weighted by Gasteiger charge is 2.41. The van der Waals surface area contributed by atoms with Crippen molar-refractivity contribution in [3.05, 3.63) is 12.4 Å². The minimum Gasteiger partial charge on any atom is -0.481 e. The number of aliphatic carboxylic acids is 1. The monoisotopic (exact) mass is 601 g/mol. The van der Waals surface area contributed by atoms with Gasteiger partial charge in [0, 0.05) is 12.8 Å². The summed E-state index contributed by atoms with van der Waals surface area (Å²) < 4.78 is 26.9. The standard InChI is InChI=1S/C32H48FN5O5/c1-2-32(22-21-25(43-32)38-24-35-28-29(34)36-31(33)37-30(28)38)23-42-27(41)20-18-16-14-12-10-8-6-4-3-5-7-9-11-13-15-17-19-26(39)40/h1,24-25H,3-23H2,(H,39,40)(H2,34,36,37). The number of unbranched alkanes of at least 4 members (excludes halogenated alkanes) is 15. The van der Waals surface area contributed by atoms with E-state index in [9.17, 15) is 14.0 Å². The van der Waals surface area contributed by atoms with Crippen LogP contribution >= 0.6 is 0 Å². The van der Waals surface area contributed by atoms with Gasteiger partial charge >= 0.3 is 18.0 Å². The second-order valence-electron chi connectivity index (χ2n) is 11.7. The average Bonchev–Trinajstić information content (AvgIpc) is 3.60. The van der Waals surface area contributed by atoms with Crippen LogP contribution in [0.1, 0.15) is 135 Å². The number of fused-ring (bicyclic) bond motifs is 1. The molecule has 3 N–H and O–H groups in total. The fraction of sp³-hybridized carbons (Fsp3) is 0.719. The lowest BCUT2D eigenvalue weighted by atomic mass is 10.0. The van der Waals surface area contributed by atoms with Gasteiger partial charge in [-0.15, -0.1) is 6.42 Å². The van der Waals surface area contributed by atoms with Crippen LogP contribution < -0.4 is 5.73 Å². The quantitative estimate of drug-likeness (QED) is 0.0639. The highest BCUT2D eigenvalue weighted by atomic mass is 19.1. The number of nitrogens with two attached hydrogens (primary N) is 1. The first kappa shape index (κ1) is 34.2. The molecule has 43 heavy (non-hydrogen) atoms. The number of carboxylic acid groups (broad SMARTS) is 1. The van der Waals surface area contributed by atoms with Gasteiger partial charge in [-0.3, -0.25) is 14.2 Å². The van der Waals surface area contributed by atoms with Crippen molar-refractivity contribution in [3.8, 4) is 12.3 Å². The molecule has 1 aliphatic rings. The Morgan fingerprint density at radius 1 is 0.977 bits per heavy atom. The first-order chi connectivity index (χ1) is 20.8. The van der Waals surface area contributed by atoms with Crippen molar-refractivity contribution < 1.29 is 28.6 Å². The Morgan fingerprint density at radius 2 is 1.51 bits per heavy atom. The highest BCUT2D eigenvalue weighted by molar-refractivity contribution is 5.81. The molecule has 2 aromatic rings. The number of halogens is 1. The topological polar surface area (TPSA) is 142 Å². The summed E-state index contributed by atoms with van der Waals surface area (Å²) in [6.07, 6.45) is 26.0. The molecule has 0 aromatic carbocycles. The van der Waals surface area contributed by atoms with Crippen LogP contribution in [0.4, 0.5) is 10.2 Å². The van der Waals surface area contributed by atoms with E-state index in [-0.39, 0.29) is 29.6 Å². The first-order valence-electron chi connectivity index (χ1n) is 16.0. The minimum absolute atomic E-state index is 0.0362. The van der Waals surface area contributed by atoms with Crippen LogP contribution in [0.15, 0.2) is 6.33 Å². The van der Waals surface area contributed by atoms with Crippen LogP contribution in [0.25, 0.3) is 11.2 Å². The van der Waals surface area contributed by atoms with Crippen LogP contribution in [-0.2, 0) is 19.1 Å². The van der Waals surface area contributed by atoms with Crippen LogP contribution in [-0.4, -0.2) is 48.8 Å². The maximum Gasteiger partial charge on any atom is 0.312 e. The van der Waals surface area contributed by atoms with Crippen molar-refractivity contribution in [2.24, 2.45) is 0 Å². The van der Waals surface area contributed by atoms with Gasteiger partial charge in [-0.1, -0.05) is 95.8 Å². The number of ether oxygens (including phenoxy) is 2. The van der Waals surface area contributed by atoms with Crippen LogP contribution in [0, 0.1) is 18.4 Å². The smallest absolute Gasteiger partial charge is 0.312 e. The second kappa shape index (κ2) is 18.4. The van der Waals surface area contributed by atoms with Crippen molar-refractivity contribution in [3.63, 3.8) is 0 Å². The SMILES string of the molecule is C#CC1(COC(=O)CCCCCCCCCCCCCCCCCCC(=O)O)CCC(n2cnc3c(N)nc(F)nc32)O1. The van der Waals surface area contributed by atoms with Crippen molar-refractivity contribution in [2.45, 2.75) is 140 Å². The number of hydrogen-bond acceptors (Lipinski definition) is 8. The molecule has 0 bridgehead atoms. The molecule has 0 saturated carbocycles. The predicted molar refractivity (Wildman–Crippen MR) is 162 cm³/mol. The van der Waals surface area contributed by atoms with Gasteiger partial charge in [-0.25, -0.2) is 4.98 Å². The Hall–Kier alpha value is -3.26. The van der Waals surface area contributed by atoms with Gasteiger partial charge in [0.2, 0.25) is 0 Å². The Kier molecular flexibility index (Phi) is 14.7. The normalized spacial score (nSPS) is 18.2. The van der Waals surface area contributed by atoms with Gasteiger partial charge in [0.05, 0.1) is 6.33 Å². The van der Waals surface area contributed by atoms with E-state index in [1.807, 2.05) is 0 Å². The summed E-state index contributed by atoms with van der Waals surface area (Å²) in [5, 5.41) is 8.63.